The average Bonchev–Trinajstić information content (AvgIpc) is 3.60. The van der Waals surface area contributed by atoms with E-state index in [2.05, 4.69) is 31.2 Å². The third-order valence-electron chi connectivity index (χ3n) is 6.76. The highest BCUT2D eigenvalue weighted by molar-refractivity contribution is 5.98. The number of rotatable bonds is 10. The summed E-state index contributed by atoms with van der Waals surface area (Å²) in [5.74, 6) is -2.92. The molecule has 2 aliphatic heterocycles. The molecule has 4 N–H and O–H groups in total. The summed E-state index contributed by atoms with van der Waals surface area (Å²) in [7, 11) is 0. The van der Waals surface area contributed by atoms with E-state index in [1.54, 1.807) is 0 Å². The summed E-state index contributed by atoms with van der Waals surface area (Å²) in [5.41, 5.74) is -0.120. The summed E-state index contributed by atoms with van der Waals surface area (Å²) in [4.78, 5) is 33.2. The van der Waals surface area contributed by atoms with Crippen molar-refractivity contribution in [1.29, 1.82) is 0 Å². The number of hydrogen-bond acceptors (Lipinski definition) is 8. The van der Waals surface area contributed by atoms with Crippen LogP contribution in [0.5, 0.6) is 11.5 Å². The molecule has 2 aliphatic rings. The van der Waals surface area contributed by atoms with Crippen LogP contribution < -0.4 is 30.7 Å². The molecule has 4 heterocycles. The van der Waals surface area contributed by atoms with Crippen LogP contribution in [0.15, 0.2) is 24.3 Å². The third-order valence-corrected chi connectivity index (χ3v) is 6.76. The van der Waals surface area contributed by atoms with Gasteiger partial charge in [0.25, 0.3) is 5.91 Å². The molecule has 2 amide bonds. The number of aromatic nitrogens is 2. The quantitative estimate of drug-likeness (QED) is 0.344. The normalized spacial score (nSPS) is 21.4. The molecule has 4 rings (SSSR count). The number of nitrogens with zero attached hydrogens (tertiary/aromatic N) is 2. The van der Waals surface area contributed by atoms with E-state index in [0.29, 0.717) is 0 Å². The fourth-order valence-corrected chi connectivity index (χ4v) is 4.79. The number of halogens is 2. The van der Waals surface area contributed by atoms with Crippen LogP contribution in [0.25, 0.3) is 0 Å². The van der Waals surface area contributed by atoms with Crippen molar-refractivity contribution in [1.82, 2.24) is 25.9 Å². The summed E-state index contributed by atoms with van der Waals surface area (Å²) in [6.45, 7) is 6.70. The Balaban J connectivity index is 1.59. The Labute approximate surface area is 220 Å². The highest BCUT2D eigenvalue weighted by Gasteiger charge is 2.31. The molecule has 2 aromatic rings. The van der Waals surface area contributed by atoms with Crippen LogP contribution in [0.3, 0.4) is 0 Å². The Morgan fingerprint density at radius 2 is 1.47 bits per heavy atom. The number of carbonyl (C=O) groups excluding carboxylic acids is 2. The average molecular weight is 533 g/mol. The number of anilines is 1. The van der Waals surface area contributed by atoms with Crippen LogP contribution in [0, 0.1) is 11.9 Å². The predicted octanol–water partition coefficient (Wildman–Crippen LogP) is 2.61. The van der Waals surface area contributed by atoms with Gasteiger partial charge in [-0.2, -0.15) is 13.8 Å². The molecule has 2 saturated heterocycles. The lowest BCUT2D eigenvalue weighted by Gasteiger charge is -2.25. The van der Waals surface area contributed by atoms with Gasteiger partial charge in [0.2, 0.25) is 17.8 Å². The molecular weight excluding hydrogens is 498 g/mol. The third kappa shape index (κ3) is 6.93. The zero-order chi connectivity index (χ0) is 27.2. The molecule has 0 spiro atoms. The molecule has 0 radical (unpaired) electrons. The fourth-order valence-electron chi connectivity index (χ4n) is 4.79. The SMILES string of the molecule is CC(=O)NC(C(=O)Nc1nc(F)ccc1OC(C)[C@H]1CCCN1)c1nc(F)ccc1OC(C)[C@@H]1CCCN1. The molecule has 2 aromatic heterocycles. The van der Waals surface area contributed by atoms with Crippen molar-refractivity contribution >= 4 is 17.6 Å². The second-order valence-electron chi connectivity index (χ2n) is 9.67. The van der Waals surface area contributed by atoms with Crippen LogP contribution in [-0.2, 0) is 9.59 Å². The lowest BCUT2D eigenvalue weighted by Crippen LogP contribution is -2.39. The zero-order valence-electron chi connectivity index (χ0n) is 21.7. The van der Waals surface area contributed by atoms with E-state index in [1.807, 2.05) is 13.8 Å². The first-order chi connectivity index (χ1) is 18.2. The molecule has 0 aromatic carbocycles. The van der Waals surface area contributed by atoms with Crippen molar-refractivity contribution in [2.75, 3.05) is 18.4 Å². The fraction of sp³-hybridized carbons (Fsp3) is 0.538. The number of nitrogens with one attached hydrogen (secondary N) is 4. The molecule has 2 fully saturated rings. The number of amides is 2. The number of carbonyl (C=O) groups is 2. The van der Waals surface area contributed by atoms with Gasteiger partial charge in [0.1, 0.15) is 23.7 Å². The topological polar surface area (TPSA) is 127 Å². The number of ether oxygens (including phenoxy) is 2. The van der Waals surface area contributed by atoms with E-state index in [1.165, 1.54) is 19.1 Å². The van der Waals surface area contributed by atoms with Crippen molar-refractivity contribution < 1.29 is 27.8 Å². The molecule has 5 atom stereocenters. The van der Waals surface area contributed by atoms with Crippen LogP contribution in [-0.4, -0.2) is 59.2 Å². The van der Waals surface area contributed by atoms with Gasteiger partial charge in [-0.3, -0.25) is 9.59 Å². The smallest absolute Gasteiger partial charge is 0.254 e. The van der Waals surface area contributed by atoms with Gasteiger partial charge < -0.3 is 30.7 Å². The zero-order valence-corrected chi connectivity index (χ0v) is 21.7. The van der Waals surface area contributed by atoms with Crippen molar-refractivity contribution in [2.45, 2.75) is 76.8 Å². The van der Waals surface area contributed by atoms with Crippen LogP contribution >= 0.6 is 0 Å². The molecular formula is C26H34F2N6O4. The monoisotopic (exact) mass is 532 g/mol. The van der Waals surface area contributed by atoms with E-state index < -0.39 is 29.8 Å². The molecule has 0 bridgehead atoms. The van der Waals surface area contributed by atoms with Gasteiger partial charge in [-0.15, -0.1) is 0 Å². The van der Waals surface area contributed by atoms with Crippen molar-refractivity contribution in [3.8, 4) is 11.5 Å². The van der Waals surface area contributed by atoms with E-state index >= 15 is 0 Å². The predicted molar refractivity (Wildman–Crippen MR) is 136 cm³/mol. The molecule has 0 aliphatic carbocycles. The van der Waals surface area contributed by atoms with Gasteiger partial charge in [-0.05, 0) is 76.9 Å². The molecule has 10 nitrogen and oxygen atoms in total. The molecule has 0 saturated carbocycles. The van der Waals surface area contributed by atoms with E-state index in [0.717, 1.165) is 50.9 Å². The summed E-state index contributed by atoms with van der Waals surface area (Å²) in [5, 5.41) is 11.7. The Kier molecular flexibility index (Phi) is 9.05. The summed E-state index contributed by atoms with van der Waals surface area (Å²) in [6.07, 6.45) is 3.27. The molecule has 12 heteroatoms. The second kappa shape index (κ2) is 12.4. The van der Waals surface area contributed by atoms with E-state index in [9.17, 15) is 18.4 Å². The minimum Gasteiger partial charge on any atom is -0.487 e. The minimum atomic E-state index is -1.45. The molecule has 38 heavy (non-hydrogen) atoms. The standard InChI is InChI=1S/C26H34F2N6O4/c1-14(17-6-4-12-29-17)37-19-8-10-21(27)32-23(19)24(31-16(3)35)26(36)34-25-20(9-11-22(28)33-25)38-15(2)18-7-5-13-30-18/h8-11,14-15,17-18,24,29-30H,4-7,12-13H2,1-3H3,(H,31,35)(H,33,34,36)/t14?,15?,17-,18+,24?/m0/s1. The molecule has 206 valence electrons. The summed E-state index contributed by atoms with van der Waals surface area (Å²) in [6, 6.07) is 3.72. The Hall–Kier alpha value is -3.38. The van der Waals surface area contributed by atoms with E-state index in [-0.39, 0.29) is 47.3 Å². The lowest BCUT2D eigenvalue weighted by molar-refractivity contribution is -0.125. The highest BCUT2D eigenvalue weighted by Crippen LogP contribution is 2.30. The van der Waals surface area contributed by atoms with Crippen molar-refractivity contribution in [3.05, 3.63) is 41.9 Å². The van der Waals surface area contributed by atoms with Gasteiger partial charge in [-0.1, -0.05) is 0 Å². The van der Waals surface area contributed by atoms with Crippen LogP contribution in [0.2, 0.25) is 0 Å². The van der Waals surface area contributed by atoms with Gasteiger partial charge in [0, 0.05) is 19.0 Å². The van der Waals surface area contributed by atoms with Crippen LogP contribution in [0.1, 0.15) is 58.2 Å². The van der Waals surface area contributed by atoms with E-state index in [4.69, 9.17) is 9.47 Å². The summed E-state index contributed by atoms with van der Waals surface area (Å²) >= 11 is 0. The van der Waals surface area contributed by atoms with Gasteiger partial charge in [0.05, 0.1) is 0 Å². The largest absolute Gasteiger partial charge is 0.487 e. The maximum absolute atomic E-state index is 14.3. The second-order valence-corrected chi connectivity index (χ2v) is 9.67. The van der Waals surface area contributed by atoms with Gasteiger partial charge in [0.15, 0.2) is 17.6 Å². The number of hydrogen-bond donors (Lipinski definition) is 4. The maximum Gasteiger partial charge on any atom is 0.254 e. The van der Waals surface area contributed by atoms with Gasteiger partial charge in [-0.25, -0.2) is 4.98 Å². The minimum absolute atomic E-state index is 0.0773. The van der Waals surface area contributed by atoms with Crippen LogP contribution in [0.4, 0.5) is 14.6 Å². The molecule has 3 unspecified atom stereocenters. The van der Waals surface area contributed by atoms with Gasteiger partial charge >= 0.3 is 0 Å². The Bertz CT molecular complexity index is 1140. The number of pyridine rings is 2. The van der Waals surface area contributed by atoms with Crippen molar-refractivity contribution in [2.24, 2.45) is 0 Å². The Morgan fingerprint density at radius 3 is 2.03 bits per heavy atom. The Morgan fingerprint density at radius 1 is 0.921 bits per heavy atom. The maximum atomic E-state index is 14.3. The first-order valence-corrected chi connectivity index (χ1v) is 12.9. The highest BCUT2D eigenvalue weighted by atomic mass is 19.1. The van der Waals surface area contributed by atoms with Crippen molar-refractivity contribution in [3.63, 3.8) is 0 Å². The lowest BCUT2D eigenvalue weighted by atomic mass is 10.1. The first-order valence-electron chi connectivity index (χ1n) is 12.9. The first kappa shape index (κ1) is 27.6. The summed E-state index contributed by atoms with van der Waals surface area (Å²) < 4.78 is 40.4.